The van der Waals surface area contributed by atoms with E-state index in [2.05, 4.69) is 39.5 Å². The Balaban J connectivity index is 2.84. The Labute approximate surface area is 213 Å². The second-order valence-electron chi connectivity index (χ2n) is 10.2. The van der Waals surface area contributed by atoms with Gasteiger partial charge >= 0.3 is 0 Å². The Morgan fingerprint density at radius 1 is 0.545 bits per heavy atom. The highest BCUT2D eigenvalue weighted by Crippen LogP contribution is 2.29. The fourth-order valence-electron chi connectivity index (χ4n) is 5.00. The van der Waals surface area contributed by atoms with Gasteiger partial charge in [-0.05, 0) is 72.9 Å². The average Bonchev–Trinajstić information content (AvgIpc) is 2.81. The van der Waals surface area contributed by atoms with E-state index < -0.39 is 0 Å². The third kappa shape index (κ3) is 14.3. The van der Waals surface area contributed by atoms with E-state index in [4.69, 9.17) is 11.6 Å². The molecule has 0 aliphatic carbocycles. The fraction of sp³-hybridized carbons (Fsp3) is 0.750. The smallest absolute Gasteiger partial charge is 0.0406 e. The summed E-state index contributed by atoms with van der Waals surface area (Å²) in [5.74, 6) is 0. The zero-order chi connectivity index (χ0) is 24.2. The number of hydrogen-bond donors (Lipinski definition) is 0. The molecule has 0 radical (unpaired) electrons. The summed E-state index contributed by atoms with van der Waals surface area (Å²) in [5.41, 5.74) is 5.96. The molecule has 0 saturated carbocycles. The zero-order valence-corrected chi connectivity index (χ0v) is 23.3. The van der Waals surface area contributed by atoms with Crippen LogP contribution in [0.2, 0.25) is 0 Å². The van der Waals surface area contributed by atoms with Gasteiger partial charge in [-0.2, -0.15) is 0 Å². The number of aryl methyl sites for hydroxylation is 2. The van der Waals surface area contributed by atoms with Crippen LogP contribution < -0.4 is 0 Å². The van der Waals surface area contributed by atoms with Crippen molar-refractivity contribution in [1.82, 2.24) is 0 Å². The van der Waals surface area contributed by atoms with Crippen LogP contribution in [0.25, 0.3) is 5.03 Å². The number of hydrogen-bond acceptors (Lipinski definition) is 0. The molecule has 1 aromatic carbocycles. The van der Waals surface area contributed by atoms with E-state index in [-0.39, 0.29) is 0 Å². The maximum atomic E-state index is 6.42. The van der Waals surface area contributed by atoms with E-state index in [1.54, 1.807) is 16.7 Å². The molecule has 0 heterocycles. The molecule has 0 saturated heterocycles. The summed E-state index contributed by atoms with van der Waals surface area (Å²) in [6, 6.07) is 4.75. The van der Waals surface area contributed by atoms with Crippen molar-refractivity contribution < 1.29 is 0 Å². The Morgan fingerprint density at radius 3 is 1.24 bits per heavy atom. The van der Waals surface area contributed by atoms with Crippen molar-refractivity contribution in [3.63, 3.8) is 0 Å². The molecular formula is C32H55Cl. The second-order valence-corrected chi connectivity index (χ2v) is 10.7. The lowest BCUT2D eigenvalue weighted by molar-refractivity contribution is 0.593. The average molecular weight is 475 g/mol. The Hall–Kier alpha value is -0.750. The van der Waals surface area contributed by atoms with Gasteiger partial charge in [-0.15, -0.1) is 0 Å². The topological polar surface area (TPSA) is 0 Å². The first kappa shape index (κ1) is 30.3. The first-order valence-electron chi connectivity index (χ1n) is 14.6. The summed E-state index contributed by atoms with van der Waals surface area (Å²) >= 11 is 6.42. The molecule has 0 fully saturated rings. The number of halogens is 1. The first-order chi connectivity index (χ1) is 16.1. The van der Waals surface area contributed by atoms with Gasteiger partial charge in [0, 0.05) is 5.03 Å². The predicted molar refractivity (Wildman–Crippen MR) is 153 cm³/mol. The standard InChI is InChI=1S/C32H55Cl/c1-5-8-11-14-17-20-23-29-26-31(28(4)33)27-30(24-21-18-15-12-9-6-2)32(29)25-22-19-16-13-10-7-3/h26-27H,4-25H2,1-3H3. The van der Waals surface area contributed by atoms with Crippen LogP contribution in [0.15, 0.2) is 18.7 Å². The second kappa shape index (κ2) is 20.6. The van der Waals surface area contributed by atoms with E-state index in [0.717, 1.165) is 5.56 Å². The van der Waals surface area contributed by atoms with Crippen LogP contribution in [-0.4, -0.2) is 0 Å². The van der Waals surface area contributed by atoms with Crippen LogP contribution >= 0.6 is 11.6 Å². The van der Waals surface area contributed by atoms with Gasteiger partial charge in [-0.1, -0.05) is 135 Å². The molecule has 1 heteroatoms. The molecule has 1 rings (SSSR count). The zero-order valence-electron chi connectivity index (χ0n) is 22.6. The number of unbranched alkanes of at least 4 members (excludes halogenated alkanes) is 15. The molecule has 0 aliphatic rings. The molecule has 0 amide bonds. The first-order valence-corrected chi connectivity index (χ1v) is 15.0. The van der Waals surface area contributed by atoms with Gasteiger partial charge < -0.3 is 0 Å². The fourth-order valence-corrected chi connectivity index (χ4v) is 5.10. The van der Waals surface area contributed by atoms with Crippen LogP contribution in [0.1, 0.15) is 159 Å². The Morgan fingerprint density at radius 2 is 0.879 bits per heavy atom. The van der Waals surface area contributed by atoms with E-state index in [9.17, 15) is 0 Å². The van der Waals surface area contributed by atoms with E-state index in [0.29, 0.717) is 5.03 Å². The third-order valence-corrected chi connectivity index (χ3v) is 7.35. The highest BCUT2D eigenvalue weighted by molar-refractivity contribution is 6.48. The summed E-state index contributed by atoms with van der Waals surface area (Å²) in [6.45, 7) is 11.0. The van der Waals surface area contributed by atoms with Crippen molar-refractivity contribution in [2.24, 2.45) is 0 Å². The summed E-state index contributed by atoms with van der Waals surface area (Å²) < 4.78 is 0. The quantitative estimate of drug-likeness (QED) is 0.146. The maximum Gasteiger partial charge on any atom is 0.0406 e. The molecule has 33 heavy (non-hydrogen) atoms. The van der Waals surface area contributed by atoms with Crippen molar-refractivity contribution >= 4 is 16.6 Å². The predicted octanol–water partition coefficient (Wildman–Crippen LogP) is 11.6. The summed E-state index contributed by atoms with van der Waals surface area (Å²) in [5, 5.41) is 0.703. The Bertz CT molecular complexity index is 578. The van der Waals surface area contributed by atoms with Gasteiger partial charge in [-0.25, -0.2) is 0 Å². The van der Waals surface area contributed by atoms with Crippen molar-refractivity contribution in [1.29, 1.82) is 0 Å². The van der Waals surface area contributed by atoms with Gasteiger partial charge in [-0.3, -0.25) is 0 Å². The van der Waals surface area contributed by atoms with Crippen LogP contribution in [0.5, 0.6) is 0 Å². The molecule has 0 atom stereocenters. The van der Waals surface area contributed by atoms with Gasteiger partial charge in [0.2, 0.25) is 0 Å². The minimum Gasteiger partial charge on any atom is -0.0843 e. The maximum absolute atomic E-state index is 6.42. The number of benzene rings is 1. The third-order valence-electron chi connectivity index (χ3n) is 7.13. The summed E-state index contributed by atoms with van der Waals surface area (Å²) in [7, 11) is 0. The lowest BCUT2D eigenvalue weighted by Gasteiger charge is -2.18. The van der Waals surface area contributed by atoms with Gasteiger partial charge in [0.05, 0.1) is 0 Å². The molecule has 0 nitrogen and oxygen atoms in total. The normalized spacial score (nSPS) is 11.3. The van der Waals surface area contributed by atoms with Gasteiger partial charge in [0.1, 0.15) is 0 Å². The van der Waals surface area contributed by atoms with E-state index >= 15 is 0 Å². The number of rotatable bonds is 22. The minimum atomic E-state index is 0.703. The molecule has 190 valence electrons. The largest absolute Gasteiger partial charge is 0.0843 e. The molecule has 1 aromatic rings. The van der Waals surface area contributed by atoms with Crippen LogP contribution in [-0.2, 0) is 19.3 Å². The summed E-state index contributed by atoms with van der Waals surface area (Å²) in [6.07, 6.45) is 28.2. The lowest BCUT2D eigenvalue weighted by atomic mass is 9.88. The van der Waals surface area contributed by atoms with Crippen LogP contribution in [0.3, 0.4) is 0 Å². The highest BCUT2D eigenvalue weighted by atomic mass is 35.5. The molecule has 0 aromatic heterocycles. The van der Waals surface area contributed by atoms with Crippen LogP contribution in [0, 0.1) is 0 Å². The SMILES string of the molecule is C=C(Cl)c1cc(CCCCCCCC)c(CCCCCCCC)c(CCCCCCCC)c1. The molecule has 0 spiro atoms. The highest BCUT2D eigenvalue weighted by Gasteiger charge is 2.12. The molecule has 0 bridgehead atoms. The van der Waals surface area contributed by atoms with Crippen molar-refractivity contribution in [3.05, 3.63) is 41.0 Å². The molecule has 0 N–H and O–H groups in total. The molecule has 0 aliphatic heterocycles. The van der Waals surface area contributed by atoms with E-state index in [1.807, 2.05) is 0 Å². The molecule has 0 unspecified atom stereocenters. The van der Waals surface area contributed by atoms with Crippen molar-refractivity contribution in [3.8, 4) is 0 Å². The van der Waals surface area contributed by atoms with Crippen LogP contribution in [0.4, 0.5) is 0 Å². The van der Waals surface area contributed by atoms with Crippen molar-refractivity contribution in [2.75, 3.05) is 0 Å². The van der Waals surface area contributed by atoms with Gasteiger partial charge in [0.15, 0.2) is 0 Å². The van der Waals surface area contributed by atoms with Crippen molar-refractivity contribution in [2.45, 2.75) is 156 Å². The lowest BCUT2D eigenvalue weighted by Crippen LogP contribution is -2.04. The van der Waals surface area contributed by atoms with E-state index in [1.165, 1.54) is 135 Å². The Kier molecular flexibility index (Phi) is 18.9. The molecular weight excluding hydrogens is 420 g/mol. The van der Waals surface area contributed by atoms with Gasteiger partial charge in [0.25, 0.3) is 0 Å². The minimum absolute atomic E-state index is 0.703. The summed E-state index contributed by atoms with van der Waals surface area (Å²) in [4.78, 5) is 0. The monoisotopic (exact) mass is 474 g/mol.